The summed E-state index contributed by atoms with van der Waals surface area (Å²) >= 11 is 0. The lowest BCUT2D eigenvalue weighted by Crippen LogP contribution is -2.09. The van der Waals surface area contributed by atoms with Crippen LogP contribution < -0.4 is 9.47 Å². The van der Waals surface area contributed by atoms with Crippen molar-refractivity contribution in [3.05, 3.63) is 84.4 Å². The van der Waals surface area contributed by atoms with Crippen LogP contribution in [0, 0.1) is 0 Å². The predicted molar refractivity (Wildman–Crippen MR) is 95.8 cm³/mol. The van der Waals surface area contributed by atoms with E-state index in [2.05, 4.69) is 24.3 Å². The lowest BCUT2D eigenvalue weighted by Gasteiger charge is -2.09. The molecule has 0 heterocycles. The van der Waals surface area contributed by atoms with Crippen molar-refractivity contribution in [1.82, 2.24) is 0 Å². The van der Waals surface area contributed by atoms with Crippen molar-refractivity contribution in [2.75, 3.05) is 6.61 Å². The third kappa shape index (κ3) is 4.85. The van der Waals surface area contributed by atoms with E-state index in [1.807, 2.05) is 30.3 Å². The molecule has 0 aliphatic carbocycles. The summed E-state index contributed by atoms with van der Waals surface area (Å²) in [5.74, 6) is 0.201. The van der Waals surface area contributed by atoms with Gasteiger partial charge in [-0.1, -0.05) is 48.5 Å². The summed E-state index contributed by atoms with van der Waals surface area (Å²) in [6.07, 6.45) is 0. The standard InChI is InChI=1S/C21H18O4/c22-21(23)15-25-20-11-9-19(10-12-20)24-14-16-5-4-8-18(13-16)17-6-2-1-3-7-17/h1-13H,14-15H2,(H,22,23). The molecule has 0 amide bonds. The molecule has 0 unspecified atom stereocenters. The van der Waals surface area contributed by atoms with Crippen LogP contribution in [0.1, 0.15) is 5.56 Å². The Morgan fingerprint density at radius 1 is 0.760 bits per heavy atom. The molecule has 0 spiro atoms. The highest BCUT2D eigenvalue weighted by Crippen LogP contribution is 2.22. The van der Waals surface area contributed by atoms with E-state index in [-0.39, 0.29) is 6.61 Å². The molecule has 25 heavy (non-hydrogen) atoms. The molecule has 0 aromatic heterocycles. The van der Waals surface area contributed by atoms with Gasteiger partial charge in [-0.15, -0.1) is 0 Å². The van der Waals surface area contributed by atoms with Gasteiger partial charge in [0.05, 0.1) is 0 Å². The van der Waals surface area contributed by atoms with Crippen molar-refractivity contribution in [3.63, 3.8) is 0 Å². The van der Waals surface area contributed by atoms with Crippen molar-refractivity contribution in [1.29, 1.82) is 0 Å². The monoisotopic (exact) mass is 334 g/mol. The van der Waals surface area contributed by atoms with Crippen molar-refractivity contribution in [2.24, 2.45) is 0 Å². The predicted octanol–water partition coefficient (Wildman–Crippen LogP) is 4.40. The molecule has 0 atom stereocenters. The number of hydrogen-bond donors (Lipinski definition) is 1. The van der Waals surface area contributed by atoms with Crippen LogP contribution in [0.3, 0.4) is 0 Å². The Morgan fingerprint density at radius 2 is 1.40 bits per heavy atom. The molecule has 4 nitrogen and oxygen atoms in total. The second kappa shape index (κ2) is 8.02. The highest BCUT2D eigenvalue weighted by Gasteiger charge is 2.02. The van der Waals surface area contributed by atoms with E-state index >= 15 is 0 Å². The molecule has 3 rings (SSSR count). The van der Waals surface area contributed by atoms with Crippen LogP contribution in [0.25, 0.3) is 11.1 Å². The average molecular weight is 334 g/mol. The fourth-order valence-electron chi connectivity index (χ4n) is 2.42. The summed E-state index contributed by atoms with van der Waals surface area (Å²) in [4.78, 5) is 10.5. The van der Waals surface area contributed by atoms with Gasteiger partial charge in [-0.05, 0) is 47.0 Å². The second-order valence-electron chi connectivity index (χ2n) is 5.51. The fourth-order valence-corrected chi connectivity index (χ4v) is 2.42. The zero-order valence-electron chi connectivity index (χ0n) is 13.6. The molecule has 3 aromatic rings. The molecule has 0 fully saturated rings. The Bertz CT molecular complexity index is 826. The first kappa shape index (κ1) is 16.6. The summed E-state index contributed by atoms with van der Waals surface area (Å²) in [5.41, 5.74) is 3.40. The van der Waals surface area contributed by atoms with E-state index in [1.165, 1.54) is 5.56 Å². The minimum Gasteiger partial charge on any atom is -0.489 e. The number of benzene rings is 3. The average Bonchev–Trinajstić information content (AvgIpc) is 2.66. The van der Waals surface area contributed by atoms with Gasteiger partial charge in [0.1, 0.15) is 18.1 Å². The molecule has 0 aliphatic rings. The quantitative estimate of drug-likeness (QED) is 0.696. The number of aliphatic carboxylic acids is 1. The summed E-state index contributed by atoms with van der Waals surface area (Å²) < 4.78 is 10.9. The van der Waals surface area contributed by atoms with Gasteiger partial charge in [-0.2, -0.15) is 0 Å². The SMILES string of the molecule is O=C(O)COc1ccc(OCc2cccc(-c3ccccc3)c2)cc1. The molecule has 0 saturated carbocycles. The highest BCUT2D eigenvalue weighted by atomic mass is 16.5. The van der Waals surface area contributed by atoms with Crippen LogP contribution in [0.15, 0.2) is 78.9 Å². The summed E-state index contributed by atoms with van der Waals surface area (Å²) in [6.45, 7) is 0.0997. The number of carbonyl (C=O) groups is 1. The van der Waals surface area contributed by atoms with Gasteiger partial charge < -0.3 is 14.6 Å². The number of carboxylic acids is 1. The van der Waals surface area contributed by atoms with Gasteiger partial charge in [-0.25, -0.2) is 4.79 Å². The third-order valence-corrected chi connectivity index (χ3v) is 3.63. The zero-order chi connectivity index (χ0) is 17.5. The minimum absolute atomic E-state index is 0.355. The molecule has 1 N–H and O–H groups in total. The van der Waals surface area contributed by atoms with Gasteiger partial charge in [0.2, 0.25) is 0 Å². The summed E-state index contributed by atoms with van der Waals surface area (Å²) in [5, 5.41) is 8.59. The number of ether oxygens (including phenoxy) is 2. The minimum atomic E-state index is -1.00. The van der Waals surface area contributed by atoms with E-state index in [1.54, 1.807) is 24.3 Å². The van der Waals surface area contributed by atoms with Gasteiger partial charge in [0.25, 0.3) is 0 Å². The molecule has 0 saturated heterocycles. The second-order valence-corrected chi connectivity index (χ2v) is 5.51. The molecule has 4 heteroatoms. The van der Waals surface area contributed by atoms with E-state index in [0.717, 1.165) is 11.1 Å². The maximum atomic E-state index is 10.5. The summed E-state index contributed by atoms with van der Waals surface area (Å²) in [7, 11) is 0. The smallest absolute Gasteiger partial charge is 0.341 e. The third-order valence-electron chi connectivity index (χ3n) is 3.63. The first-order chi connectivity index (χ1) is 12.2. The molecular formula is C21H18O4. The fraction of sp³-hybridized carbons (Fsp3) is 0.0952. The van der Waals surface area contributed by atoms with Crippen LogP contribution in [0.2, 0.25) is 0 Å². The van der Waals surface area contributed by atoms with Gasteiger partial charge >= 0.3 is 5.97 Å². The topological polar surface area (TPSA) is 55.8 Å². The maximum Gasteiger partial charge on any atom is 0.341 e. The lowest BCUT2D eigenvalue weighted by atomic mass is 10.0. The largest absolute Gasteiger partial charge is 0.489 e. The number of hydrogen-bond acceptors (Lipinski definition) is 3. The van der Waals surface area contributed by atoms with Gasteiger partial charge in [-0.3, -0.25) is 0 Å². The molecule has 0 aliphatic heterocycles. The Morgan fingerprint density at radius 3 is 2.08 bits per heavy atom. The van der Waals surface area contributed by atoms with Crippen molar-refractivity contribution < 1.29 is 19.4 Å². The van der Waals surface area contributed by atoms with Crippen molar-refractivity contribution >= 4 is 5.97 Å². The Hall–Kier alpha value is -3.27. The normalized spacial score (nSPS) is 10.2. The van der Waals surface area contributed by atoms with Crippen LogP contribution in [0.5, 0.6) is 11.5 Å². The van der Waals surface area contributed by atoms with Crippen molar-refractivity contribution in [3.8, 4) is 22.6 Å². The first-order valence-electron chi connectivity index (χ1n) is 7.92. The van der Waals surface area contributed by atoms with Crippen LogP contribution >= 0.6 is 0 Å². The van der Waals surface area contributed by atoms with Gasteiger partial charge in [0.15, 0.2) is 6.61 Å². The molecule has 0 bridgehead atoms. The Balaban J connectivity index is 1.61. The maximum absolute atomic E-state index is 10.5. The lowest BCUT2D eigenvalue weighted by molar-refractivity contribution is -0.139. The van der Waals surface area contributed by atoms with Crippen molar-refractivity contribution in [2.45, 2.75) is 6.61 Å². The zero-order valence-corrected chi connectivity index (χ0v) is 13.6. The summed E-state index contributed by atoms with van der Waals surface area (Å²) in [6, 6.07) is 25.3. The van der Waals surface area contributed by atoms with Crippen LogP contribution in [-0.2, 0) is 11.4 Å². The number of rotatable bonds is 7. The molecule has 0 radical (unpaired) electrons. The van der Waals surface area contributed by atoms with Crippen LogP contribution in [-0.4, -0.2) is 17.7 Å². The molecular weight excluding hydrogens is 316 g/mol. The molecule has 126 valence electrons. The van der Waals surface area contributed by atoms with E-state index in [4.69, 9.17) is 14.6 Å². The first-order valence-corrected chi connectivity index (χ1v) is 7.92. The van der Waals surface area contributed by atoms with Gasteiger partial charge in [0, 0.05) is 0 Å². The Labute approximate surface area is 146 Å². The van der Waals surface area contributed by atoms with E-state index < -0.39 is 5.97 Å². The van der Waals surface area contributed by atoms with E-state index in [0.29, 0.717) is 18.1 Å². The van der Waals surface area contributed by atoms with Crippen LogP contribution in [0.4, 0.5) is 0 Å². The number of carboxylic acid groups (broad SMARTS) is 1. The Kier molecular flexibility index (Phi) is 5.32. The van der Waals surface area contributed by atoms with E-state index in [9.17, 15) is 4.79 Å². The highest BCUT2D eigenvalue weighted by molar-refractivity contribution is 5.68. The molecule has 3 aromatic carbocycles.